The highest BCUT2D eigenvalue weighted by atomic mass is 16.5. The van der Waals surface area contributed by atoms with Crippen molar-refractivity contribution in [3.63, 3.8) is 0 Å². The monoisotopic (exact) mass is 328 g/mol. The van der Waals surface area contributed by atoms with Crippen molar-refractivity contribution in [2.45, 2.75) is 52.2 Å². The minimum Gasteiger partial charge on any atom is -0.491 e. The van der Waals surface area contributed by atoms with Crippen LogP contribution in [-0.2, 0) is 0 Å². The topological polar surface area (TPSA) is 65.3 Å². The smallest absolute Gasteiger partial charge is 0.119 e. The summed E-state index contributed by atoms with van der Waals surface area (Å²) in [5.74, 6) is 1.48. The maximum Gasteiger partial charge on any atom is 0.119 e. The van der Waals surface area contributed by atoms with Crippen LogP contribution in [0.25, 0.3) is 0 Å². The first-order chi connectivity index (χ1) is 11.4. The van der Waals surface area contributed by atoms with Crippen molar-refractivity contribution >= 4 is 0 Å². The summed E-state index contributed by atoms with van der Waals surface area (Å²) in [6, 6.07) is 9.53. The number of nitrogens with zero attached hydrogens (tertiary/aromatic N) is 1. The van der Waals surface area contributed by atoms with E-state index in [9.17, 15) is 5.11 Å². The van der Waals surface area contributed by atoms with Gasteiger partial charge in [-0.1, -0.05) is 20.8 Å². The number of ether oxygens (including phenoxy) is 1. The van der Waals surface area contributed by atoms with Crippen molar-refractivity contribution in [3.05, 3.63) is 29.8 Å². The maximum absolute atomic E-state index is 10.2. The van der Waals surface area contributed by atoms with Gasteiger partial charge in [0.1, 0.15) is 18.5 Å². The fourth-order valence-corrected chi connectivity index (χ4v) is 4.67. The van der Waals surface area contributed by atoms with Crippen LogP contribution in [0, 0.1) is 28.1 Å². The molecule has 2 aliphatic carbocycles. The standard InChI is InChI=1S/C20H28N2O2/c1-19(2)15-8-9-20(19,3)18(10-15)22-12-16(23)13-24-17-6-4-14(11-21)5-7-17/h4-7,15-16,18,22-23H,8-10,12-13H2,1-3H3/t15-,16-,18+,20+/m0/s1. The number of hydrogen-bond acceptors (Lipinski definition) is 4. The largest absolute Gasteiger partial charge is 0.491 e. The second kappa shape index (κ2) is 6.38. The summed E-state index contributed by atoms with van der Waals surface area (Å²) in [5.41, 5.74) is 1.32. The molecule has 0 aliphatic heterocycles. The van der Waals surface area contributed by atoms with Crippen molar-refractivity contribution in [3.8, 4) is 11.8 Å². The van der Waals surface area contributed by atoms with Crippen LogP contribution in [-0.4, -0.2) is 30.4 Å². The number of fused-ring (bicyclic) bond motifs is 2. The van der Waals surface area contributed by atoms with Crippen LogP contribution in [0.4, 0.5) is 0 Å². The van der Waals surface area contributed by atoms with Crippen molar-refractivity contribution in [2.24, 2.45) is 16.7 Å². The van der Waals surface area contributed by atoms with Gasteiger partial charge in [-0.3, -0.25) is 0 Å². The van der Waals surface area contributed by atoms with Crippen molar-refractivity contribution in [2.75, 3.05) is 13.2 Å². The molecule has 2 fully saturated rings. The fourth-order valence-electron chi connectivity index (χ4n) is 4.67. The summed E-state index contributed by atoms with van der Waals surface area (Å²) in [4.78, 5) is 0. The molecule has 130 valence electrons. The average molecular weight is 328 g/mol. The molecule has 2 aliphatic rings. The number of hydrogen-bond donors (Lipinski definition) is 2. The van der Waals surface area contributed by atoms with Crippen LogP contribution in [0.5, 0.6) is 5.75 Å². The van der Waals surface area contributed by atoms with Gasteiger partial charge in [-0.25, -0.2) is 0 Å². The van der Waals surface area contributed by atoms with E-state index in [1.807, 2.05) is 0 Å². The van der Waals surface area contributed by atoms with E-state index in [1.54, 1.807) is 24.3 Å². The molecule has 0 unspecified atom stereocenters. The number of nitrogens with one attached hydrogen (secondary N) is 1. The second-order valence-corrected chi connectivity index (χ2v) is 8.17. The molecule has 24 heavy (non-hydrogen) atoms. The van der Waals surface area contributed by atoms with Crippen LogP contribution < -0.4 is 10.1 Å². The van der Waals surface area contributed by atoms with Crippen molar-refractivity contribution in [1.29, 1.82) is 5.26 Å². The Hall–Kier alpha value is -1.57. The Morgan fingerprint density at radius 3 is 2.58 bits per heavy atom. The molecule has 2 N–H and O–H groups in total. The lowest BCUT2D eigenvalue weighted by atomic mass is 9.69. The Morgan fingerprint density at radius 1 is 1.33 bits per heavy atom. The number of rotatable bonds is 6. The van der Waals surface area contributed by atoms with Gasteiger partial charge in [0.05, 0.1) is 11.6 Å². The molecule has 4 nitrogen and oxygen atoms in total. The summed E-state index contributed by atoms with van der Waals surface area (Å²) in [7, 11) is 0. The van der Waals surface area contributed by atoms with Gasteiger partial charge in [-0.05, 0) is 60.3 Å². The summed E-state index contributed by atoms with van der Waals surface area (Å²) >= 11 is 0. The summed E-state index contributed by atoms with van der Waals surface area (Å²) in [6.45, 7) is 8.01. The molecule has 3 rings (SSSR count). The van der Waals surface area contributed by atoms with E-state index < -0.39 is 6.10 Å². The SMILES string of the molecule is CC1(C)[C@H]2CC[C@]1(C)[C@H](NC[C@H](O)COc1ccc(C#N)cc1)C2. The van der Waals surface area contributed by atoms with E-state index in [-0.39, 0.29) is 6.61 Å². The van der Waals surface area contributed by atoms with Crippen LogP contribution in [0.15, 0.2) is 24.3 Å². The molecule has 1 aromatic carbocycles. The van der Waals surface area contributed by atoms with Gasteiger partial charge >= 0.3 is 0 Å². The Morgan fingerprint density at radius 2 is 2.04 bits per heavy atom. The van der Waals surface area contributed by atoms with Gasteiger partial charge in [0.15, 0.2) is 0 Å². The van der Waals surface area contributed by atoms with E-state index in [1.165, 1.54) is 19.3 Å². The predicted octanol–water partition coefficient (Wildman–Crippen LogP) is 3.10. The van der Waals surface area contributed by atoms with E-state index in [2.05, 4.69) is 32.2 Å². The van der Waals surface area contributed by atoms with Crippen LogP contribution in [0.1, 0.15) is 45.6 Å². The van der Waals surface area contributed by atoms with Gasteiger partial charge in [0, 0.05) is 12.6 Å². The molecular formula is C20H28N2O2. The molecule has 0 saturated heterocycles. The quantitative estimate of drug-likeness (QED) is 0.842. The van der Waals surface area contributed by atoms with Crippen molar-refractivity contribution < 1.29 is 9.84 Å². The molecule has 1 aromatic rings. The number of aliphatic hydroxyl groups excluding tert-OH is 1. The lowest BCUT2D eigenvalue weighted by Gasteiger charge is -2.40. The third-order valence-electron chi connectivity index (χ3n) is 6.82. The fraction of sp³-hybridized carbons (Fsp3) is 0.650. The molecule has 0 amide bonds. The number of aliphatic hydroxyl groups is 1. The predicted molar refractivity (Wildman–Crippen MR) is 93.7 cm³/mol. The van der Waals surface area contributed by atoms with E-state index >= 15 is 0 Å². The van der Waals surface area contributed by atoms with Gasteiger partial charge < -0.3 is 15.2 Å². The molecular weight excluding hydrogens is 300 g/mol. The molecule has 4 atom stereocenters. The highest BCUT2D eigenvalue weighted by Gasteiger charge is 2.60. The maximum atomic E-state index is 10.2. The van der Waals surface area contributed by atoms with Crippen LogP contribution in [0.3, 0.4) is 0 Å². The third-order valence-corrected chi connectivity index (χ3v) is 6.82. The molecule has 0 aromatic heterocycles. The van der Waals surface area contributed by atoms with Gasteiger partial charge in [0.2, 0.25) is 0 Å². The van der Waals surface area contributed by atoms with Crippen molar-refractivity contribution in [1.82, 2.24) is 5.32 Å². The van der Waals surface area contributed by atoms with Gasteiger partial charge in [-0.15, -0.1) is 0 Å². The Kier molecular flexibility index (Phi) is 4.59. The molecule has 0 spiro atoms. The summed E-state index contributed by atoms with van der Waals surface area (Å²) in [6.07, 6.45) is 3.30. The molecule has 0 radical (unpaired) electrons. The third kappa shape index (κ3) is 2.92. The van der Waals surface area contributed by atoms with E-state index in [0.717, 1.165) is 5.92 Å². The minimum atomic E-state index is -0.536. The van der Waals surface area contributed by atoms with E-state index in [0.29, 0.717) is 34.7 Å². The zero-order valence-corrected chi connectivity index (χ0v) is 14.9. The zero-order valence-electron chi connectivity index (χ0n) is 14.9. The molecule has 2 saturated carbocycles. The normalized spacial score (nSPS) is 31.6. The second-order valence-electron chi connectivity index (χ2n) is 8.17. The lowest BCUT2D eigenvalue weighted by molar-refractivity contribution is 0.0825. The van der Waals surface area contributed by atoms with Gasteiger partial charge in [-0.2, -0.15) is 5.26 Å². The number of benzene rings is 1. The Balaban J connectivity index is 1.46. The zero-order chi connectivity index (χ0) is 17.4. The molecule has 0 heterocycles. The first-order valence-corrected chi connectivity index (χ1v) is 8.91. The van der Waals surface area contributed by atoms with Crippen LogP contribution in [0.2, 0.25) is 0 Å². The van der Waals surface area contributed by atoms with Gasteiger partial charge in [0.25, 0.3) is 0 Å². The Bertz CT molecular complexity index is 620. The highest BCUT2D eigenvalue weighted by molar-refractivity contribution is 5.34. The summed E-state index contributed by atoms with van der Waals surface area (Å²) in [5, 5.41) is 22.6. The van der Waals surface area contributed by atoms with E-state index in [4.69, 9.17) is 10.00 Å². The summed E-state index contributed by atoms with van der Waals surface area (Å²) < 4.78 is 5.61. The Labute approximate surface area is 144 Å². The minimum absolute atomic E-state index is 0.259. The highest BCUT2D eigenvalue weighted by Crippen LogP contribution is 2.65. The van der Waals surface area contributed by atoms with Crippen LogP contribution >= 0.6 is 0 Å². The molecule has 4 heteroatoms. The lowest BCUT2D eigenvalue weighted by Crippen LogP contribution is -2.47. The molecule has 2 bridgehead atoms. The first kappa shape index (κ1) is 17.3. The average Bonchev–Trinajstić information content (AvgIpc) is 2.91. The number of nitriles is 1. The first-order valence-electron chi connectivity index (χ1n) is 8.91.